The van der Waals surface area contributed by atoms with Crippen molar-refractivity contribution >= 4 is 11.9 Å². The lowest BCUT2D eigenvalue weighted by Gasteiger charge is -2.19. The number of aliphatic hydroxyl groups is 1. The molecule has 0 aliphatic heterocycles. The van der Waals surface area contributed by atoms with Gasteiger partial charge in [0.25, 0.3) is 5.91 Å². The van der Waals surface area contributed by atoms with Crippen LogP contribution < -0.4 is 16.1 Å². The lowest BCUT2D eigenvalue weighted by Crippen LogP contribution is -2.54. The summed E-state index contributed by atoms with van der Waals surface area (Å²) in [5, 5.41) is 23.0. The van der Waals surface area contributed by atoms with E-state index in [0.29, 0.717) is 0 Å². The standard InChI is InChI=1S/C20H21N3O4/c1-14(24)18(19(25)23-27)22-20(26)21-13-17-11-9-16(10-12-17)8-7-15-5-3-2-4-6-15/h2-6,9-12,14,18,24,27H,13H2,1H3,(H,23,25)(H2,21,22,26)/t14-,18-/m1/s1. The molecule has 0 saturated carbocycles. The maximum absolute atomic E-state index is 11.9. The summed E-state index contributed by atoms with van der Waals surface area (Å²) in [6, 6.07) is 15.1. The van der Waals surface area contributed by atoms with Crippen LogP contribution in [0.2, 0.25) is 0 Å². The number of aliphatic hydroxyl groups excluding tert-OH is 1. The molecule has 0 spiro atoms. The highest BCUT2D eigenvalue weighted by Crippen LogP contribution is 2.04. The molecule has 2 aromatic rings. The Balaban J connectivity index is 1.88. The van der Waals surface area contributed by atoms with Crippen molar-refractivity contribution in [1.82, 2.24) is 16.1 Å². The van der Waals surface area contributed by atoms with Crippen molar-refractivity contribution in [2.75, 3.05) is 0 Å². The van der Waals surface area contributed by atoms with E-state index in [2.05, 4.69) is 22.5 Å². The zero-order valence-electron chi connectivity index (χ0n) is 14.8. The van der Waals surface area contributed by atoms with Gasteiger partial charge in [0.15, 0.2) is 0 Å². The average Bonchev–Trinajstić information content (AvgIpc) is 2.69. The van der Waals surface area contributed by atoms with E-state index in [1.54, 1.807) is 0 Å². The van der Waals surface area contributed by atoms with Gasteiger partial charge in [0.2, 0.25) is 0 Å². The van der Waals surface area contributed by atoms with Crippen LogP contribution in [0.3, 0.4) is 0 Å². The monoisotopic (exact) mass is 367 g/mol. The van der Waals surface area contributed by atoms with Crippen LogP contribution in [-0.2, 0) is 11.3 Å². The minimum atomic E-state index is -1.26. The summed E-state index contributed by atoms with van der Waals surface area (Å²) in [5.41, 5.74) is 4.02. The summed E-state index contributed by atoms with van der Waals surface area (Å²) in [7, 11) is 0. The van der Waals surface area contributed by atoms with Crippen LogP contribution in [0, 0.1) is 11.8 Å². The highest BCUT2D eigenvalue weighted by molar-refractivity contribution is 5.86. The van der Waals surface area contributed by atoms with Crippen molar-refractivity contribution in [3.63, 3.8) is 0 Å². The molecule has 5 N–H and O–H groups in total. The van der Waals surface area contributed by atoms with Crippen molar-refractivity contribution < 1.29 is 19.9 Å². The van der Waals surface area contributed by atoms with E-state index in [-0.39, 0.29) is 6.54 Å². The Morgan fingerprint density at radius 3 is 2.15 bits per heavy atom. The Hall–Kier alpha value is -3.34. The average molecular weight is 367 g/mol. The normalized spacial score (nSPS) is 12.1. The smallest absolute Gasteiger partial charge is 0.315 e. The fraction of sp³-hybridized carbons (Fsp3) is 0.200. The number of amides is 3. The Morgan fingerprint density at radius 2 is 1.59 bits per heavy atom. The summed E-state index contributed by atoms with van der Waals surface area (Å²) in [4.78, 5) is 23.2. The fourth-order valence-electron chi connectivity index (χ4n) is 2.22. The van der Waals surface area contributed by atoms with Gasteiger partial charge in [-0.1, -0.05) is 42.2 Å². The summed E-state index contributed by atoms with van der Waals surface area (Å²) in [6.45, 7) is 1.56. The molecule has 2 atom stereocenters. The minimum absolute atomic E-state index is 0.228. The number of nitrogens with one attached hydrogen (secondary N) is 3. The highest BCUT2D eigenvalue weighted by Gasteiger charge is 2.25. The van der Waals surface area contributed by atoms with E-state index < -0.39 is 24.1 Å². The number of urea groups is 1. The zero-order valence-corrected chi connectivity index (χ0v) is 14.8. The molecular weight excluding hydrogens is 346 g/mol. The molecule has 0 saturated heterocycles. The summed E-state index contributed by atoms with van der Waals surface area (Å²) in [5.74, 6) is 5.23. The number of benzene rings is 2. The molecule has 3 amide bonds. The molecule has 27 heavy (non-hydrogen) atoms. The molecule has 0 aliphatic carbocycles. The molecule has 0 bridgehead atoms. The van der Waals surface area contributed by atoms with E-state index in [1.165, 1.54) is 12.4 Å². The molecule has 0 radical (unpaired) electrons. The van der Waals surface area contributed by atoms with Crippen LogP contribution in [-0.4, -0.2) is 34.4 Å². The number of carbonyl (C=O) groups excluding carboxylic acids is 2. The lowest BCUT2D eigenvalue weighted by molar-refractivity contribution is -0.133. The first-order valence-electron chi connectivity index (χ1n) is 8.32. The van der Waals surface area contributed by atoms with Gasteiger partial charge in [-0.15, -0.1) is 0 Å². The number of carbonyl (C=O) groups is 2. The second kappa shape index (κ2) is 9.97. The minimum Gasteiger partial charge on any atom is -0.391 e. The molecule has 0 unspecified atom stereocenters. The number of hydrogen-bond donors (Lipinski definition) is 5. The van der Waals surface area contributed by atoms with E-state index in [9.17, 15) is 14.7 Å². The highest BCUT2D eigenvalue weighted by atomic mass is 16.5. The van der Waals surface area contributed by atoms with Crippen LogP contribution in [0.4, 0.5) is 4.79 Å². The molecule has 0 aromatic heterocycles. The summed E-state index contributed by atoms with van der Waals surface area (Å²) in [6.07, 6.45) is -1.16. The van der Waals surface area contributed by atoms with Gasteiger partial charge in [-0.25, -0.2) is 10.3 Å². The number of rotatable bonds is 5. The largest absolute Gasteiger partial charge is 0.391 e. The molecule has 140 valence electrons. The molecule has 7 nitrogen and oxygen atoms in total. The van der Waals surface area contributed by atoms with E-state index in [4.69, 9.17) is 5.21 Å². The van der Waals surface area contributed by atoms with Crippen molar-refractivity contribution in [2.45, 2.75) is 25.6 Å². The SMILES string of the molecule is C[C@@H](O)[C@@H](NC(=O)NCc1ccc(C#Cc2ccccc2)cc1)C(=O)NO. The Bertz CT molecular complexity index is 824. The predicted molar refractivity (Wildman–Crippen MR) is 99.6 cm³/mol. The molecule has 7 heteroatoms. The van der Waals surface area contributed by atoms with Crippen molar-refractivity contribution in [3.05, 3.63) is 71.3 Å². The van der Waals surface area contributed by atoms with Crippen molar-refractivity contribution in [3.8, 4) is 11.8 Å². The van der Waals surface area contributed by atoms with Crippen LogP contribution >= 0.6 is 0 Å². The van der Waals surface area contributed by atoms with Crippen molar-refractivity contribution in [2.24, 2.45) is 0 Å². The van der Waals surface area contributed by atoms with Gasteiger partial charge in [-0.3, -0.25) is 10.0 Å². The van der Waals surface area contributed by atoms with Crippen LogP contribution in [0.25, 0.3) is 0 Å². The molecule has 2 aromatic carbocycles. The number of hydrogen-bond acceptors (Lipinski definition) is 4. The first kappa shape index (κ1) is 20.0. The van der Waals surface area contributed by atoms with Gasteiger partial charge in [-0.2, -0.15) is 0 Å². The third-order valence-corrected chi connectivity index (χ3v) is 3.69. The van der Waals surface area contributed by atoms with E-state index >= 15 is 0 Å². The fourth-order valence-corrected chi connectivity index (χ4v) is 2.22. The van der Waals surface area contributed by atoms with E-state index in [1.807, 2.05) is 54.6 Å². The first-order valence-corrected chi connectivity index (χ1v) is 8.32. The van der Waals surface area contributed by atoms with Crippen LogP contribution in [0.15, 0.2) is 54.6 Å². The summed E-state index contributed by atoms with van der Waals surface area (Å²) >= 11 is 0. The van der Waals surface area contributed by atoms with Gasteiger partial charge in [-0.05, 0) is 36.8 Å². The predicted octanol–water partition coefficient (Wildman–Crippen LogP) is 1.14. The maximum Gasteiger partial charge on any atom is 0.315 e. The van der Waals surface area contributed by atoms with Gasteiger partial charge < -0.3 is 15.7 Å². The number of hydroxylamine groups is 1. The third kappa shape index (κ3) is 6.47. The summed E-state index contributed by atoms with van der Waals surface area (Å²) < 4.78 is 0. The van der Waals surface area contributed by atoms with Crippen LogP contribution in [0.5, 0.6) is 0 Å². The second-order valence-corrected chi connectivity index (χ2v) is 5.83. The Labute approximate surface area is 157 Å². The molecule has 0 aliphatic rings. The van der Waals surface area contributed by atoms with Crippen molar-refractivity contribution in [1.29, 1.82) is 0 Å². The molecule has 2 rings (SSSR count). The maximum atomic E-state index is 11.9. The third-order valence-electron chi connectivity index (χ3n) is 3.69. The molecule has 0 fully saturated rings. The Kier molecular flexibility index (Phi) is 7.37. The topological polar surface area (TPSA) is 111 Å². The molecule has 0 heterocycles. The first-order chi connectivity index (χ1) is 13.0. The quantitative estimate of drug-likeness (QED) is 0.310. The van der Waals surface area contributed by atoms with Gasteiger partial charge in [0, 0.05) is 17.7 Å². The lowest BCUT2D eigenvalue weighted by atomic mass is 10.1. The Morgan fingerprint density at radius 1 is 1.00 bits per heavy atom. The zero-order chi connectivity index (χ0) is 19.6. The van der Waals surface area contributed by atoms with Crippen LogP contribution in [0.1, 0.15) is 23.6 Å². The molecular formula is C20H21N3O4. The second-order valence-electron chi connectivity index (χ2n) is 5.83. The van der Waals surface area contributed by atoms with Gasteiger partial charge >= 0.3 is 6.03 Å². The van der Waals surface area contributed by atoms with Gasteiger partial charge in [0.1, 0.15) is 6.04 Å². The van der Waals surface area contributed by atoms with E-state index in [0.717, 1.165) is 16.7 Å². The van der Waals surface area contributed by atoms with Gasteiger partial charge in [0.05, 0.1) is 6.10 Å².